The van der Waals surface area contributed by atoms with Crippen molar-refractivity contribution in [1.29, 1.82) is 0 Å². The molecule has 2 heterocycles. The van der Waals surface area contributed by atoms with Gasteiger partial charge in [0.1, 0.15) is 5.75 Å². The monoisotopic (exact) mass is 253 g/mol. The molecule has 2 rings (SSSR count). The molecule has 4 nitrogen and oxygen atoms in total. The number of alkyl halides is 1. The van der Waals surface area contributed by atoms with Gasteiger partial charge in [0.25, 0.3) is 0 Å². The summed E-state index contributed by atoms with van der Waals surface area (Å²) in [7, 11) is 0. The number of rotatable bonds is 5. The average Bonchev–Trinajstić information content (AvgIpc) is 2.40. The van der Waals surface area contributed by atoms with Crippen LogP contribution in [0.4, 0.5) is 10.1 Å². The zero-order valence-corrected chi connectivity index (χ0v) is 10.5. The summed E-state index contributed by atoms with van der Waals surface area (Å²) in [5.74, 6) is 0.704. The second kappa shape index (κ2) is 6.54. The molecule has 0 unspecified atom stereocenters. The summed E-state index contributed by atoms with van der Waals surface area (Å²) >= 11 is 0. The second-order valence-electron chi connectivity index (χ2n) is 4.59. The molecule has 1 aromatic heterocycles. The molecule has 1 fully saturated rings. The molecule has 0 amide bonds. The highest BCUT2D eigenvalue weighted by atomic mass is 19.1. The molecular formula is C13H20FN3O. The lowest BCUT2D eigenvalue weighted by Crippen LogP contribution is -2.39. The third-order valence-corrected chi connectivity index (χ3v) is 3.15. The van der Waals surface area contributed by atoms with Gasteiger partial charge in [-0.1, -0.05) is 0 Å². The van der Waals surface area contributed by atoms with E-state index in [2.05, 4.69) is 9.88 Å². The van der Waals surface area contributed by atoms with E-state index in [0.717, 1.165) is 31.6 Å². The van der Waals surface area contributed by atoms with E-state index in [1.165, 1.54) is 0 Å². The van der Waals surface area contributed by atoms with E-state index < -0.39 is 0 Å². The van der Waals surface area contributed by atoms with Gasteiger partial charge in [-0.05, 0) is 12.8 Å². The Morgan fingerprint density at radius 2 is 2.17 bits per heavy atom. The van der Waals surface area contributed by atoms with Crippen LogP contribution >= 0.6 is 0 Å². The smallest absolute Gasteiger partial charge is 0.139 e. The lowest BCUT2D eigenvalue weighted by molar-refractivity contribution is 0.288. The van der Waals surface area contributed by atoms with Crippen molar-refractivity contribution in [2.24, 2.45) is 5.73 Å². The molecule has 0 atom stereocenters. The van der Waals surface area contributed by atoms with E-state index in [-0.39, 0.29) is 6.67 Å². The molecule has 5 heteroatoms. The Bertz CT molecular complexity index is 367. The lowest BCUT2D eigenvalue weighted by atomic mass is 10.1. The fourth-order valence-corrected chi connectivity index (χ4v) is 2.06. The third-order valence-electron chi connectivity index (χ3n) is 3.15. The highest BCUT2D eigenvalue weighted by molar-refractivity contribution is 5.48. The number of nitrogens with zero attached hydrogens (tertiary/aromatic N) is 2. The first-order valence-corrected chi connectivity index (χ1v) is 6.44. The number of hydrogen-bond acceptors (Lipinski definition) is 4. The summed E-state index contributed by atoms with van der Waals surface area (Å²) in [6.45, 7) is 1.96. The first-order valence-electron chi connectivity index (χ1n) is 6.44. The first kappa shape index (κ1) is 13.1. The van der Waals surface area contributed by atoms with Crippen molar-refractivity contribution in [2.75, 3.05) is 31.3 Å². The van der Waals surface area contributed by atoms with Crippen LogP contribution in [0.5, 0.6) is 5.75 Å². The SMILES string of the molecule is NC1CCN(c2cncc(OCCCF)c2)CC1. The number of halogens is 1. The molecule has 0 aromatic carbocycles. The molecule has 0 saturated carbocycles. The average molecular weight is 253 g/mol. The molecule has 0 bridgehead atoms. The van der Waals surface area contributed by atoms with Gasteiger partial charge in [-0.25, -0.2) is 0 Å². The Morgan fingerprint density at radius 1 is 1.39 bits per heavy atom. The van der Waals surface area contributed by atoms with Crippen molar-refractivity contribution in [3.63, 3.8) is 0 Å². The van der Waals surface area contributed by atoms with Crippen LogP contribution in [0.3, 0.4) is 0 Å². The molecule has 0 aliphatic carbocycles. The third kappa shape index (κ3) is 3.57. The Labute approximate surface area is 107 Å². The van der Waals surface area contributed by atoms with Gasteiger partial charge < -0.3 is 15.4 Å². The van der Waals surface area contributed by atoms with Crippen LogP contribution in [0.15, 0.2) is 18.5 Å². The number of anilines is 1. The normalized spacial score (nSPS) is 16.9. The van der Waals surface area contributed by atoms with Gasteiger partial charge in [0.2, 0.25) is 0 Å². The predicted octanol–water partition coefficient (Wildman–Crippen LogP) is 1.75. The number of piperidine rings is 1. The van der Waals surface area contributed by atoms with E-state index in [0.29, 0.717) is 24.8 Å². The van der Waals surface area contributed by atoms with E-state index in [4.69, 9.17) is 10.5 Å². The highest BCUT2D eigenvalue weighted by Crippen LogP contribution is 2.22. The van der Waals surface area contributed by atoms with Crippen molar-refractivity contribution >= 4 is 5.69 Å². The van der Waals surface area contributed by atoms with Crippen molar-refractivity contribution in [1.82, 2.24) is 4.98 Å². The second-order valence-corrected chi connectivity index (χ2v) is 4.59. The molecule has 1 aliphatic heterocycles. The van der Waals surface area contributed by atoms with Gasteiger partial charge in [0.15, 0.2) is 0 Å². The molecule has 100 valence electrons. The molecule has 1 saturated heterocycles. The molecule has 1 aromatic rings. The van der Waals surface area contributed by atoms with Crippen molar-refractivity contribution in [3.05, 3.63) is 18.5 Å². The summed E-state index contributed by atoms with van der Waals surface area (Å²) in [6, 6.07) is 2.28. The van der Waals surface area contributed by atoms with Gasteiger partial charge in [-0.3, -0.25) is 9.37 Å². The van der Waals surface area contributed by atoms with E-state index in [9.17, 15) is 4.39 Å². The number of aromatic nitrogens is 1. The van der Waals surface area contributed by atoms with Crippen molar-refractivity contribution < 1.29 is 9.13 Å². The predicted molar refractivity (Wildman–Crippen MR) is 69.7 cm³/mol. The minimum Gasteiger partial charge on any atom is -0.492 e. The van der Waals surface area contributed by atoms with Crippen LogP contribution < -0.4 is 15.4 Å². The van der Waals surface area contributed by atoms with Gasteiger partial charge >= 0.3 is 0 Å². The van der Waals surface area contributed by atoms with Gasteiger partial charge in [-0.15, -0.1) is 0 Å². The van der Waals surface area contributed by atoms with Crippen molar-refractivity contribution in [2.45, 2.75) is 25.3 Å². The molecular weight excluding hydrogens is 233 g/mol. The number of hydrogen-bond donors (Lipinski definition) is 1. The van der Waals surface area contributed by atoms with Crippen LogP contribution in [0.2, 0.25) is 0 Å². The molecule has 18 heavy (non-hydrogen) atoms. The Hall–Kier alpha value is -1.36. The first-order chi connectivity index (χ1) is 8.79. The molecule has 2 N–H and O–H groups in total. The minimum atomic E-state index is -0.350. The molecule has 1 aliphatic rings. The maximum atomic E-state index is 12.0. The summed E-state index contributed by atoms with van der Waals surface area (Å²) in [6.07, 6.45) is 5.93. The van der Waals surface area contributed by atoms with Crippen LogP contribution in [0.25, 0.3) is 0 Å². The van der Waals surface area contributed by atoms with Crippen LogP contribution in [-0.4, -0.2) is 37.4 Å². The largest absolute Gasteiger partial charge is 0.492 e. The number of pyridine rings is 1. The van der Waals surface area contributed by atoms with Gasteiger partial charge in [-0.2, -0.15) is 0 Å². The fourth-order valence-electron chi connectivity index (χ4n) is 2.06. The summed E-state index contributed by atoms with van der Waals surface area (Å²) < 4.78 is 17.4. The van der Waals surface area contributed by atoms with E-state index in [1.807, 2.05) is 12.3 Å². The highest BCUT2D eigenvalue weighted by Gasteiger charge is 2.16. The van der Waals surface area contributed by atoms with Crippen molar-refractivity contribution in [3.8, 4) is 5.75 Å². The van der Waals surface area contributed by atoms with E-state index in [1.54, 1.807) is 6.20 Å². The van der Waals surface area contributed by atoms with Gasteiger partial charge in [0.05, 0.1) is 31.4 Å². The Kier molecular flexibility index (Phi) is 4.75. The maximum Gasteiger partial charge on any atom is 0.139 e. The van der Waals surface area contributed by atoms with Crippen LogP contribution in [-0.2, 0) is 0 Å². The zero-order valence-electron chi connectivity index (χ0n) is 10.5. The van der Waals surface area contributed by atoms with Crippen LogP contribution in [0.1, 0.15) is 19.3 Å². The number of nitrogens with two attached hydrogens (primary N) is 1. The zero-order chi connectivity index (χ0) is 12.8. The summed E-state index contributed by atoms with van der Waals surface area (Å²) in [5, 5.41) is 0. The summed E-state index contributed by atoms with van der Waals surface area (Å²) in [4.78, 5) is 6.43. The van der Waals surface area contributed by atoms with Gasteiger partial charge in [0, 0.05) is 31.6 Å². The molecule has 0 radical (unpaired) electrons. The Balaban J connectivity index is 1.94. The lowest BCUT2D eigenvalue weighted by Gasteiger charge is -2.31. The quantitative estimate of drug-likeness (QED) is 0.812. The minimum absolute atomic E-state index is 0.318. The summed E-state index contributed by atoms with van der Waals surface area (Å²) in [5.41, 5.74) is 6.94. The Morgan fingerprint density at radius 3 is 2.89 bits per heavy atom. The van der Waals surface area contributed by atoms with E-state index >= 15 is 0 Å². The molecule has 0 spiro atoms. The fraction of sp³-hybridized carbons (Fsp3) is 0.615. The number of ether oxygens (including phenoxy) is 1. The standard InChI is InChI=1S/C13H20FN3O/c14-4-1-7-18-13-8-12(9-16-10-13)17-5-2-11(15)3-6-17/h8-11H,1-7,15H2. The van der Waals surface area contributed by atoms with Crippen LogP contribution in [0, 0.1) is 0 Å². The maximum absolute atomic E-state index is 12.0. The topological polar surface area (TPSA) is 51.4 Å².